The van der Waals surface area contributed by atoms with Crippen LogP contribution in [0.4, 0.5) is 0 Å². The quantitative estimate of drug-likeness (QED) is 0.614. The highest BCUT2D eigenvalue weighted by Gasteiger charge is 2.39. The molecule has 8 heteroatoms. The highest BCUT2D eigenvalue weighted by Crippen LogP contribution is 2.37. The van der Waals surface area contributed by atoms with Crippen LogP contribution in [0.15, 0.2) is 51.9 Å². The number of aromatic nitrogens is 2. The molecule has 3 aromatic rings. The normalized spacial score (nSPS) is 19.6. The van der Waals surface area contributed by atoms with Crippen LogP contribution in [0.25, 0.3) is 11.4 Å². The van der Waals surface area contributed by atoms with Crippen molar-refractivity contribution in [2.75, 3.05) is 6.54 Å². The second-order valence-electron chi connectivity index (χ2n) is 7.52. The molecule has 0 saturated carbocycles. The molecule has 150 valence electrons. The Hall–Kier alpha value is -2.22. The van der Waals surface area contributed by atoms with Gasteiger partial charge in [-0.3, -0.25) is 0 Å². The van der Waals surface area contributed by atoms with Gasteiger partial charge in [-0.2, -0.15) is 9.29 Å². The fraction of sp³-hybridized carbons (Fsp3) is 0.333. The van der Waals surface area contributed by atoms with Gasteiger partial charge >= 0.3 is 0 Å². The molecule has 0 unspecified atom stereocenters. The fourth-order valence-electron chi connectivity index (χ4n) is 4.21. The summed E-state index contributed by atoms with van der Waals surface area (Å²) in [6.45, 7) is 0.447. The Balaban J connectivity index is 1.45. The first kappa shape index (κ1) is 18.8. The van der Waals surface area contributed by atoms with E-state index >= 15 is 0 Å². The second kappa shape index (κ2) is 7.23. The molecule has 2 aliphatic rings. The molecule has 0 spiro atoms. The molecule has 5 rings (SSSR count). The van der Waals surface area contributed by atoms with E-state index in [-0.39, 0.29) is 0 Å². The summed E-state index contributed by atoms with van der Waals surface area (Å²) in [5.41, 5.74) is 3.17. The monoisotopic (exact) mass is 429 g/mol. The predicted molar refractivity (Wildman–Crippen MR) is 109 cm³/mol. The molecular weight excluding hydrogens is 410 g/mol. The lowest BCUT2D eigenvalue weighted by Gasteiger charge is -2.21. The van der Waals surface area contributed by atoms with E-state index in [4.69, 9.17) is 16.1 Å². The minimum atomic E-state index is -3.63. The molecule has 0 radical (unpaired) electrons. The molecule has 0 amide bonds. The average molecular weight is 430 g/mol. The summed E-state index contributed by atoms with van der Waals surface area (Å²) < 4.78 is 33.7. The number of aryl methyl sites for hydroxylation is 2. The summed E-state index contributed by atoms with van der Waals surface area (Å²) in [5.74, 6) is 0.760. The molecule has 1 aromatic heterocycles. The number of rotatable bonds is 4. The smallest absolute Gasteiger partial charge is 0.245 e. The van der Waals surface area contributed by atoms with Crippen molar-refractivity contribution in [2.45, 2.75) is 43.0 Å². The summed E-state index contributed by atoms with van der Waals surface area (Å²) in [5, 5.41) is 4.67. The van der Waals surface area contributed by atoms with Gasteiger partial charge in [0.25, 0.3) is 0 Å². The molecule has 29 heavy (non-hydrogen) atoms. The van der Waals surface area contributed by atoms with Crippen molar-refractivity contribution in [2.24, 2.45) is 0 Å². The highest BCUT2D eigenvalue weighted by atomic mass is 35.5. The summed E-state index contributed by atoms with van der Waals surface area (Å²) in [6.07, 6.45) is 4.47. The lowest BCUT2D eigenvalue weighted by atomic mass is 10.1. The first-order valence-corrected chi connectivity index (χ1v) is 11.6. The molecule has 0 N–H and O–H groups in total. The van der Waals surface area contributed by atoms with Gasteiger partial charge in [0.05, 0.1) is 4.90 Å². The van der Waals surface area contributed by atoms with E-state index < -0.39 is 16.1 Å². The van der Waals surface area contributed by atoms with Gasteiger partial charge in [-0.05, 0) is 79.6 Å². The molecule has 1 saturated heterocycles. The van der Waals surface area contributed by atoms with E-state index in [1.807, 2.05) is 24.3 Å². The molecule has 1 aliphatic carbocycles. The maximum atomic E-state index is 13.4. The van der Waals surface area contributed by atoms with E-state index in [9.17, 15) is 8.42 Å². The Morgan fingerprint density at radius 1 is 1.03 bits per heavy atom. The summed E-state index contributed by atoms with van der Waals surface area (Å²) in [7, 11) is -3.63. The van der Waals surface area contributed by atoms with E-state index in [2.05, 4.69) is 10.1 Å². The van der Waals surface area contributed by atoms with Gasteiger partial charge in [0.2, 0.25) is 21.7 Å². The maximum Gasteiger partial charge on any atom is 0.245 e. The number of hydrogen-bond acceptors (Lipinski definition) is 5. The van der Waals surface area contributed by atoms with Crippen molar-refractivity contribution in [1.29, 1.82) is 0 Å². The lowest BCUT2D eigenvalue weighted by molar-refractivity contribution is 0.290. The number of nitrogens with zero attached hydrogens (tertiary/aromatic N) is 3. The highest BCUT2D eigenvalue weighted by molar-refractivity contribution is 7.89. The Morgan fingerprint density at radius 2 is 1.83 bits per heavy atom. The largest absolute Gasteiger partial charge is 0.337 e. The van der Waals surface area contributed by atoms with Crippen molar-refractivity contribution >= 4 is 21.6 Å². The molecule has 0 bridgehead atoms. The third-order valence-corrected chi connectivity index (χ3v) is 7.87. The van der Waals surface area contributed by atoms with E-state index in [0.717, 1.165) is 36.8 Å². The van der Waals surface area contributed by atoms with Crippen LogP contribution in [0.3, 0.4) is 0 Å². The van der Waals surface area contributed by atoms with Gasteiger partial charge < -0.3 is 4.52 Å². The van der Waals surface area contributed by atoms with Crippen molar-refractivity contribution in [1.82, 2.24) is 14.4 Å². The lowest BCUT2D eigenvalue weighted by Crippen LogP contribution is -2.31. The third kappa shape index (κ3) is 3.37. The number of fused-ring (bicyclic) bond motifs is 1. The number of sulfonamides is 1. The topological polar surface area (TPSA) is 76.3 Å². The summed E-state index contributed by atoms with van der Waals surface area (Å²) >= 11 is 5.93. The van der Waals surface area contributed by atoms with Crippen molar-refractivity contribution in [3.8, 4) is 11.4 Å². The molecule has 1 fully saturated rings. The molecule has 2 aromatic carbocycles. The van der Waals surface area contributed by atoms with Gasteiger partial charge in [-0.15, -0.1) is 0 Å². The first-order valence-electron chi connectivity index (χ1n) is 9.75. The summed E-state index contributed by atoms with van der Waals surface area (Å²) in [6, 6.07) is 12.2. The fourth-order valence-corrected chi connectivity index (χ4v) is 6.03. The molecule has 6 nitrogen and oxygen atoms in total. The number of benzene rings is 2. The average Bonchev–Trinajstić information content (AvgIpc) is 3.46. The van der Waals surface area contributed by atoms with Crippen LogP contribution in [-0.4, -0.2) is 29.4 Å². The first-order chi connectivity index (χ1) is 14.0. The standard InChI is InChI=1S/C21H20ClN3O3S/c22-17-9-6-15(7-10-17)20-23-21(28-24-20)19-5-2-12-25(19)29(26,27)18-11-8-14-3-1-4-16(14)13-18/h6-11,13,19H,1-5,12H2/t19-/m0/s1. The Kier molecular flexibility index (Phi) is 4.69. The maximum absolute atomic E-state index is 13.4. The van der Waals surface area contributed by atoms with Crippen LogP contribution in [0.1, 0.15) is 42.3 Å². The van der Waals surface area contributed by atoms with Gasteiger partial charge in [0.1, 0.15) is 6.04 Å². The van der Waals surface area contributed by atoms with Crippen LogP contribution in [0.2, 0.25) is 5.02 Å². The molecule has 2 heterocycles. The van der Waals surface area contributed by atoms with Crippen molar-refractivity contribution in [3.05, 3.63) is 64.5 Å². The van der Waals surface area contributed by atoms with E-state index in [1.165, 1.54) is 9.87 Å². The minimum absolute atomic E-state index is 0.331. The summed E-state index contributed by atoms with van der Waals surface area (Å²) in [4.78, 5) is 4.83. The Labute approximate surface area is 174 Å². The van der Waals surface area contributed by atoms with Gasteiger partial charge in [-0.1, -0.05) is 22.8 Å². The number of hydrogen-bond donors (Lipinski definition) is 0. The third-order valence-electron chi connectivity index (χ3n) is 5.71. The molecule has 1 atom stereocenters. The zero-order valence-electron chi connectivity index (χ0n) is 15.7. The van der Waals surface area contributed by atoms with Gasteiger partial charge in [0.15, 0.2) is 0 Å². The minimum Gasteiger partial charge on any atom is -0.337 e. The SMILES string of the molecule is O=S(=O)(c1ccc2c(c1)CCC2)N1CCC[C@H]1c1nc(-c2ccc(Cl)cc2)no1. The van der Waals surface area contributed by atoms with Crippen LogP contribution in [0, 0.1) is 0 Å². The molecule has 1 aliphatic heterocycles. The zero-order chi connectivity index (χ0) is 20.0. The van der Waals surface area contributed by atoms with Crippen LogP contribution in [-0.2, 0) is 22.9 Å². The van der Waals surface area contributed by atoms with Crippen molar-refractivity contribution < 1.29 is 12.9 Å². The van der Waals surface area contributed by atoms with Gasteiger partial charge in [0, 0.05) is 17.1 Å². The Morgan fingerprint density at radius 3 is 2.66 bits per heavy atom. The Bertz CT molecular complexity index is 1160. The number of halogens is 1. The van der Waals surface area contributed by atoms with Crippen LogP contribution >= 0.6 is 11.6 Å². The van der Waals surface area contributed by atoms with E-state index in [1.54, 1.807) is 18.2 Å². The van der Waals surface area contributed by atoms with Crippen LogP contribution < -0.4 is 0 Å². The predicted octanol–water partition coefficient (Wildman–Crippen LogP) is 4.40. The van der Waals surface area contributed by atoms with Crippen molar-refractivity contribution in [3.63, 3.8) is 0 Å². The van der Waals surface area contributed by atoms with Crippen LogP contribution in [0.5, 0.6) is 0 Å². The second-order valence-corrected chi connectivity index (χ2v) is 9.85. The molecular formula is C21H20ClN3O3S. The zero-order valence-corrected chi connectivity index (χ0v) is 17.3. The van der Waals surface area contributed by atoms with E-state index in [0.29, 0.717) is 34.6 Å². The van der Waals surface area contributed by atoms with Gasteiger partial charge in [-0.25, -0.2) is 8.42 Å².